The van der Waals surface area contributed by atoms with E-state index in [1.807, 2.05) is 0 Å². The fraction of sp³-hybridized carbons (Fsp3) is 0.250. The molecule has 1 amide bonds. The number of carboxylic acid groups (broad SMARTS) is 2. The number of anilines is 2. The molecule has 162 valence electrons. The Balaban J connectivity index is 1.63. The summed E-state index contributed by atoms with van der Waals surface area (Å²) in [7, 11) is 0. The molecule has 3 aromatic rings. The number of aryl methyl sites for hydroxylation is 2. The van der Waals surface area contributed by atoms with Crippen LogP contribution in [0.15, 0.2) is 30.5 Å². The highest BCUT2D eigenvalue weighted by Crippen LogP contribution is 2.24. The number of aromatic amines is 1. The van der Waals surface area contributed by atoms with Gasteiger partial charge in [0.05, 0.1) is 5.39 Å². The summed E-state index contributed by atoms with van der Waals surface area (Å²) in [4.78, 5) is 45.3. The van der Waals surface area contributed by atoms with Crippen LogP contribution in [0, 0.1) is 0 Å². The minimum Gasteiger partial charge on any atom is -0.481 e. The summed E-state index contributed by atoms with van der Waals surface area (Å²) >= 11 is 0. The molecule has 0 saturated heterocycles. The molecule has 8 N–H and O–H groups in total. The van der Waals surface area contributed by atoms with E-state index in [1.54, 1.807) is 30.5 Å². The van der Waals surface area contributed by atoms with Gasteiger partial charge in [-0.05, 0) is 42.5 Å². The summed E-state index contributed by atoms with van der Waals surface area (Å²) in [6.45, 7) is 0. The number of H-pyrrole nitrogens is 1. The number of nitrogens with zero attached hydrogens (tertiary/aromatic N) is 2. The molecule has 0 aliphatic rings. The van der Waals surface area contributed by atoms with Gasteiger partial charge in [0.1, 0.15) is 17.5 Å². The molecule has 31 heavy (non-hydrogen) atoms. The van der Waals surface area contributed by atoms with Crippen LogP contribution in [0.3, 0.4) is 0 Å². The van der Waals surface area contributed by atoms with E-state index in [1.165, 1.54) is 0 Å². The van der Waals surface area contributed by atoms with Gasteiger partial charge in [0.2, 0.25) is 5.95 Å². The van der Waals surface area contributed by atoms with Crippen molar-refractivity contribution in [3.63, 3.8) is 0 Å². The van der Waals surface area contributed by atoms with Gasteiger partial charge < -0.3 is 32.0 Å². The number of hydrogen-bond donors (Lipinski definition) is 6. The first kappa shape index (κ1) is 21.6. The number of rotatable bonds is 9. The number of carbonyl (C=O) groups excluding carboxylic acids is 1. The standard InChI is InChI=1S/C20H22N6O5/c21-16-15-12(9-23-17(15)26-20(22)25-16)6-3-10-1-4-11(5-2-10)18(29)24-13(19(30)31)7-8-14(27)28/h1-2,4-5,9,13H,3,6-8H2,(H,24,29)(H,27,28)(H,30,31)(H5,21,22,23,25,26)/t13-/m0/s1. The van der Waals surface area contributed by atoms with Crippen molar-refractivity contribution in [3.8, 4) is 0 Å². The summed E-state index contributed by atoms with van der Waals surface area (Å²) in [5.41, 5.74) is 14.3. The molecule has 2 aromatic heterocycles. The summed E-state index contributed by atoms with van der Waals surface area (Å²) < 4.78 is 0. The Kier molecular flexibility index (Phi) is 6.34. The van der Waals surface area contributed by atoms with E-state index in [0.29, 0.717) is 24.3 Å². The topological polar surface area (TPSA) is 197 Å². The second kappa shape index (κ2) is 9.11. The van der Waals surface area contributed by atoms with Crippen LogP contribution < -0.4 is 16.8 Å². The van der Waals surface area contributed by atoms with E-state index in [-0.39, 0.29) is 24.4 Å². The average molecular weight is 426 g/mol. The Labute approximate surface area is 176 Å². The number of amides is 1. The highest BCUT2D eigenvalue weighted by Gasteiger charge is 2.21. The van der Waals surface area contributed by atoms with E-state index < -0.39 is 23.9 Å². The maximum absolute atomic E-state index is 12.3. The zero-order valence-electron chi connectivity index (χ0n) is 16.5. The lowest BCUT2D eigenvalue weighted by Crippen LogP contribution is -2.41. The van der Waals surface area contributed by atoms with Crippen LogP contribution in [0.5, 0.6) is 0 Å². The first-order valence-electron chi connectivity index (χ1n) is 9.48. The number of nitrogens with one attached hydrogen (secondary N) is 2. The minimum absolute atomic E-state index is 0.0976. The normalized spacial score (nSPS) is 11.9. The second-order valence-corrected chi connectivity index (χ2v) is 7.00. The molecule has 0 spiro atoms. The number of carbonyl (C=O) groups is 3. The Bertz CT molecular complexity index is 1130. The third-order valence-electron chi connectivity index (χ3n) is 4.81. The zero-order chi connectivity index (χ0) is 22.5. The molecule has 0 aliphatic carbocycles. The van der Waals surface area contributed by atoms with Gasteiger partial charge in [-0.3, -0.25) is 9.59 Å². The third kappa shape index (κ3) is 5.26. The lowest BCUT2D eigenvalue weighted by atomic mass is 10.0. The Morgan fingerprint density at radius 3 is 2.42 bits per heavy atom. The van der Waals surface area contributed by atoms with Crippen molar-refractivity contribution in [2.75, 3.05) is 11.5 Å². The predicted molar refractivity (Wildman–Crippen MR) is 112 cm³/mol. The average Bonchev–Trinajstić information content (AvgIpc) is 3.12. The van der Waals surface area contributed by atoms with Crippen molar-refractivity contribution >= 4 is 40.6 Å². The number of nitrogens with two attached hydrogens (primary N) is 2. The summed E-state index contributed by atoms with van der Waals surface area (Å²) in [6.07, 6.45) is 2.57. The molecule has 1 aromatic carbocycles. The number of aromatic nitrogens is 3. The summed E-state index contributed by atoms with van der Waals surface area (Å²) in [5.74, 6) is -2.59. The van der Waals surface area contributed by atoms with Crippen molar-refractivity contribution in [2.24, 2.45) is 0 Å². The van der Waals surface area contributed by atoms with Gasteiger partial charge >= 0.3 is 11.9 Å². The van der Waals surface area contributed by atoms with E-state index in [0.717, 1.165) is 16.5 Å². The number of hydrogen-bond acceptors (Lipinski definition) is 7. The van der Waals surface area contributed by atoms with E-state index in [9.17, 15) is 14.4 Å². The fourth-order valence-corrected chi connectivity index (χ4v) is 3.21. The molecule has 0 aliphatic heterocycles. The van der Waals surface area contributed by atoms with Gasteiger partial charge in [0.15, 0.2) is 0 Å². The fourth-order valence-electron chi connectivity index (χ4n) is 3.21. The van der Waals surface area contributed by atoms with Gasteiger partial charge in [-0.15, -0.1) is 0 Å². The molecule has 1 atom stereocenters. The van der Waals surface area contributed by atoms with Gasteiger partial charge in [-0.2, -0.15) is 9.97 Å². The highest BCUT2D eigenvalue weighted by atomic mass is 16.4. The SMILES string of the molecule is Nc1nc(N)c2c(CCc3ccc(C(=O)N[C@@H](CCC(=O)O)C(=O)O)cc3)c[nH]c2n1. The monoisotopic (exact) mass is 426 g/mol. The molecule has 0 fully saturated rings. The van der Waals surface area contributed by atoms with Crippen LogP contribution >= 0.6 is 0 Å². The number of carboxylic acids is 2. The van der Waals surface area contributed by atoms with Crippen molar-refractivity contribution in [3.05, 3.63) is 47.2 Å². The van der Waals surface area contributed by atoms with Crippen molar-refractivity contribution in [1.29, 1.82) is 0 Å². The minimum atomic E-state index is -1.28. The van der Waals surface area contributed by atoms with E-state index >= 15 is 0 Å². The van der Waals surface area contributed by atoms with Crippen LogP contribution in [0.25, 0.3) is 11.0 Å². The molecular weight excluding hydrogens is 404 g/mol. The molecule has 0 radical (unpaired) electrons. The van der Waals surface area contributed by atoms with E-state index in [4.69, 9.17) is 21.7 Å². The molecule has 11 heteroatoms. The van der Waals surface area contributed by atoms with Gasteiger partial charge in [-0.25, -0.2) is 4.79 Å². The summed E-state index contributed by atoms with van der Waals surface area (Å²) in [5, 5.41) is 20.9. The maximum atomic E-state index is 12.3. The molecule has 0 unspecified atom stereocenters. The third-order valence-corrected chi connectivity index (χ3v) is 4.81. The lowest BCUT2D eigenvalue weighted by Gasteiger charge is -2.13. The van der Waals surface area contributed by atoms with Crippen LogP contribution in [0.2, 0.25) is 0 Å². The maximum Gasteiger partial charge on any atom is 0.326 e. The zero-order valence-corrected chi connectivity index (χ0v) is 16.5. The molecular formula is C20H22N6O5. The molecule has 3 rings (SSSR count). The van der Waals surface area contributed by atoms with Crippen molar-refractivity contribution in [2.45, 2.75) is 31.7 Å². The van der Waals surface area contributed by atoms with Crippen LogP contribution in [-0.4, -0.2) is 49.1 Å². The number of benzene rings is 1. The Hall–Kier alpha value is -4.15. The van der Waals surface area contributed by atoms with Crippen LogP contribution in [-0.2, 0) is 22.4 Å². The van der Waals surface area contributed by atoms with Crippen molar-refractivity contribution in [1.82, 2.24) is 20.3 Å². The number of aliphatic carboxylic acids is 2. The highest BCUT2D eigenvalue weighted by molar-refractivity contribution is 5.96. The first-order valence-corrected chi connectivity index (χ1v) is 9.48. The molecule has 0 bridgehead atoms. The second-order valence-electron chi connectivity index (χ2n) is 7.00. The van der Waals surface area contributed by atoms with E-state index in [2.05, 4.69) is 20.3 Å². The smallest absolute Gasteiger partial charge is 0.326 e. The van der Waals surface area contributed by atoms with Crippen LogP contribution in [0.4, 0.5) is 11.8 Å². The van der Waals surface area contributed by atoms with Crippen LogP contribution in [0.1, 0.15) is 34.3 Å². The van der Waals surface area contributed by atoms with Gasteiger partial charge in [0.25, 0.3) is 5.91 Å². The predicted octanol–water partition coefficient (Wildman–Crippen LogP) is 0.955. The largest absolute Gasteiger partial charge is 0.481 e. The molecule has 2 heterocycles. The molecule has 11 nitrogen and oxygen atoms in total. The Morgan fingerprint density at radius 1 is 1.06 bits per heavy atom. The molecule has 0 saturated carbocycles. The first-order chi connectivity index (χ1) is 14.7. The number of nitrogen functional groups attached to an aromatic ring is 2. The Morgan fingerprint density at radius 2 is 1.77 bits per heavy atom. The van der Waals surface area contributed by atoms with Gasteiger partial charge in [-0.1, -0.05) is 12.1 Å². The van der Waals surface area contributed by atoms with Crippen molar-refractivity contribution < 1.29 is 24.6 Å². The number of fused-ring (bicyclic) bond motifs is 1. The summed E-state index contributed by atoms with van der Waals surface area (Å²) in [6, 6.07) is 5.46. The van der Waals surface area contributed by atoms with Gasteiger partial charge in [0, 0.05) is 18.2 Å². The quantitative estimate of drug-likeness (QED) is 0.288. The lowest BCUT2D eigenvalue weighted by molar-refractivity contribution is -0.140.